The molecule has 9 nitrogen and oxygen atoms in total. The summed E-state index contributed by atoms with van der Waals surface area (Å²) in [5.41, 5.74) is 0. The highest BCUT2D eigenvalue weighted by atomic mass is 16.5. The van der Waals surface area contributed by atoms with Crippen LogP contribution in [0.25, 0.3) is 0 Å². The third-order valence-corrected chi connectivity index (χ3v) is 4.18. The highest BCUT2D eigenvalue weighted by molar-refractivity contribution is 5.90. The summed E-state index contributed by atoms with van der Waals surface area (Å²) < 4.78 is 10.5. The first-order valence-corrected chi connectivity index (χ1v) is 8.03. The Morgan fingerprint density at radius 2 is 2.25 bits per heavy atom. The SMILES string of the molecule is COc1ccnc(N2CCC[C@@H]2c2nc(C(=O)NC3CC3)no2)n1. The summed E-state index contributed by atoms with van der Waals surface area (Å²) in [6.45, 7) is 0.782. The van der Waals surface area contributed by atoms with Gasteiger partial charge in [0.15, 0.2) is 0 Å². The fourth-order valence-corrected chi connectivity index (χ4v) is 2.79. The zero-order valence-corrected chi connectivity index (χ0v) is 13.3. The van der Waals surface area contributed by atoms with E-state index in [1.54, 1.807) is 19.4 Å². The van der Waals surface area contributed by atoms with Crippen LogP contribution < -0.4 is 15.0 Å². The molecule has 24 heavy (non-hydrogen) atoms. The zero-order valence-electron chi connectivity index (χ0n) is 13.3. The number of ether oxygens (including phenoxy) is 1. The summed E-state index contributed by atoms with van der Waals surface area (Å²) in [7, 11) is 1.57. The molecule has 1 aliphatic heterocycles. The molecular formula is C15H18N6O3. The van der Waals surface area contributed by atoms with Crippen molar-refractivity contribution in [1.82, 2.24) is 25.4 Å². The molecule has 3 heterocycles. The van der Waals surface area contributed by atoms with Gasteiger partial charge in [0.25, 0.3) is 11.7 Å². The second-order valence-electron chi connectivity index (χ2n) is 5.95. The van der Waals surface area contributed by atoms with Gasteiger partial charge < -0.3 is 19.5 Å². The molecule has 4 rings (SSSR count). The number of amides is 1. The second kappa shape index (κ2) is 6.06. The van der Waals surface area contributed by atoms with Gasteiger partial charge in [-0.2, -0.15) is 9.97 Å². The van der Waals surface area contributed by atoms with Gasteiger partial charge in [0.05, 0.1) is 7.11 Å². The van der Waals surface area contributed by atoms with E-state index < -0.39 is 0 Å². The molecule has 2 fully saturated rings. The van der Waals surface area contributed by atoms with E-state index >= 15 is 0 Å². The molecule has 9 heteroatoms. The largest absolute Gasteiger partial charge is 0.481 e. The molecule has 1 N–H and O–H groups in total. The maximum absolute atomic E-state index is 12.0. The van der Waals surface area contributed by atoms with Crippen molar-refractivity contribution in [3.63, 3.8) is 0 Å². The van der Waals surface area contributed by atoms with Gasteiger partial charge in [-0.3, -0.25) is 4.79 Å². The number of aromatic nitrogens is 4. The van der Waals surface area contributed by atoms with Gasteiger partial charge in [0.1, 0.15) is 6.04 Å². The van der Waals surface area contributed by atoms with E-state index in [0.29, 0.717) is 17.7 Å². The smallest absolute Gasteiger partial charge is 0.292 e. The molecule has 2 aliphatic rings. The molecule has 0 unspecified atom stereocenters. The first-order valence-electron chi connectivity index (χ1n) is 8.03. The van der Waals surface area contributed by atoms with Crippen LogP contribution in [0.15, 0.2) is 16.8 Å². The number of anilines is 1. The van der Waals surface area contributed by atoms with Crippen LogP contribution >= 0.6 is 0 Å². The Labute approximate surface area is 138 Å². The lowest BCUT2D eigenvalue weighted by Crippen LogP contribution is -2.27. The van der Waals surface area contributed by atoms with Crippen LogP contribution in [0.5, 0.6) is 5.88 Å². The van der Waals surface area contributed by atoms with Crippen molar-refractivity contribution in [2.24, 2.45) is 0 Å². The molecule has 2 aromatic heterocycles. The van der Waals surface area contributed by atoms with E-state index in [1.807, 2.05) is 4.90 Å². The molecule has 0 spiro atoms. The summed E-state index contributed by atoms with van der Waals surface area (Å²) in [6.07, 6.45) is 5.47. The lowest BCUT2D eigenvalue weighted by molar-refractivity contribution is 0.0937. The van der Waals surface area contributed by atoms with Gasteiger partial charge in [-0.1, -0.05) is 5.16 Å². The first-order chi connectivity index (χ1) is 11.7. The van der Waals surface area contributed by atoms with E-state index in [-0.39, 0.29) is 23.8 Å². The Balaban J connectivity index is 1.54. The summed E-state index contributed by atoms with van der Waals surface area (Å²) in [5, 5.41) is 6.67. The standard InChI is InChI=1S/C15H18N6O3/c1-23-11-6-7-16-15(18-11)21-8-2-3-10(21)14-19-12(20-24-14)13(22)17-9-4-5-9/h6-7,9-10H,2-5,8H2,1H3,(H,17,22)/t10-/m1/s1. The van der Waals surface area contributed by atoms with Crippen LogP contribution in [-0.2, 0) is 0 Å². The third kappa shape index (κ3) is 2.89. The summed E-state index contributed by atoms with van der Waals surface area (Å²) >= 11 is 0. The van der Waals surface area contributed by atoms with Crippen molar-refractivity contribution >= 4 is 11.9 Å². The van der Waals surface area contributed by atoms with Crippen molar-refractivity contribution < 1.29 is 14.1 Å². The van der Waals surface area contributed by atoms with Gasteiger partial charge in [-0.05, 0) is 25.7 Å². The highest BCUT2D eigenvalue weighted by Crippen LogP contribution is 2.34. The number of carbonyl (C=O) groups excluding carboxylic acids is 1. The molecule has 1 saturated carbocycles. The number of hydrogen-bond donors (Lipinski definition) is 1. The maximum atomic E-state index is 12.0. The van der Waals surface area contributed by atoms with Gasteiger partial charge >= 0.3 is 0 Å². The van der Waals surface area contributed by atoms with Crippen molar-refractivity contribution in [3.05, 3.63) is 24.0 Å². The molecule has 126 valence electrons. The van der Waals surface area contributed by atoms with E-state index in [4.69, 9.17) is 9.26 Å². The van der Waals surface area contributed by atoms with E-state index in [0.717, 1.165) is 32.2 Å². The molecule has 0 aromatic carbocycles. The molecule has 2 aromatic rings. The molecule has 1 atom stereocenters. The van der Waals surface area contributed by atoms with Gasteiger partial charge in [-0.15, -0.1) is 0 Å². The Hall–Kier alpha value is -2.71. The Kier molecular flexibility index (Phi) is 3.75. The number of hydrogen-bond acceptors (Lipinski definition) is 8. The fourth-order valence-electron chi connectivity index (χ4n) is 2.79. The lowest BCUT2D eigenvalue weighted by atomic mass is 10.2. The molecular weight excluding hydrogens is 312 g/mol. The topological polar surface area (TPSA) is 106 Å². The van der Waals surface area contributed by atoms with E-state index in [9.17, 15) is 4.79 Å². The van der Waals surface area contributed by atoms with Crippen LogP contribution in [0.4, 0.5) is 5.95 Å². The first kappa shape index (κ1) is 14.9. The number of nitrogens with zero attached hydrogens (tertiary/aromatic N) is 5. The van der Waals surface area contributed by atoms with Crippen LogP contribution in [0.1, 0.15) is 48.2 Å². The second-order valence-corrected chi connectivity index (χ2v) is 5.95. The molecule has 1 aliphatic carbocycles. The van der Waals surface area contributed by atoms with Gasteiger partial charge in [0, 0.05) is 24.8 Å². The van der Waals surface area contributed by atoms with Crippen molar-refractivity contribution in [1.29, 1.82) is 0 Å². The number of carbonyl (C=O) groups is 1. The van der Waals surface area contributed by atoms with Crippen LogP contribution in [0.2, 0.25) is 0 Å². The summed E-state index contributed by atoms with van der Waals surface area (Å²) in [4.78, 5) is 26.9. The average molecular weight is 330 g/mol. The van der Waals surface area contributed by atoms with E-state index in [1.165, 1.54) is 0 Å². The van der Waals surface area contributed by atoms with Gasteiger partial charge in [-0.25, -0.2) is 4.98 Å². The lowest BCUT2D eigenvalue weighted by Gasteiger charge is -2.21. The predicted molar refractivity (Wildman–Crippen MR) is 82.7 cm³/mol. The summed E-state index contributed by atoms with van der Waals surface area (Å²) in [6, 6.07) is 1.82. The molecule has 1 amide bonds. The van der Waals surface area contributed by atoms with Crippen molar-refractivity contribution in [2.45, 2.75) is 37.8 Å². The quantitative estimate of drug-likeness (QED) is 0.868. The Bertz CT molecular complexity index is 744. The van der Waals surface area contributed by atoms with Crippen LogP contribution in [0, 0.1) is 0 Å². The zero-order chi connectivity index (χ0) is 16.5. The maximum Gasteiger partial charge on any atom is 0.292 e. The number of rotatable bonds is 5. The highest BCUT2D eigenvalue weighted by Gasteiger charge is 2.34. The Morgan fingerprint density at radius 1 is 1.38 bits per heavy atom. The van der Waals surface area contributed by atoms with Crippen molar-refractivity contribution in [3.8, 4) is 5.88 Å². The van der Waals surface area contributed by atoms with Gasteiger partial charge in [0.2, 0.25) is 17.7 Å². The minimum atomic E-state index is -0.283. The Morgan fingerprint density at radius 3 is 3.04 bits per heavy atom. The fraction of sp³-hybridized carbons (Fsp3) is 0.533. The minimum Gasteiger partial charge on any atom is -0.481 e. The van der Waals surface area contributed by atoms with Crippen LogP contribution in [-0.4, -0.2) is 45.7 Å². The third-order valence-electron chi connectivity index (χ3n) is 4.18. The van der Waals surface area contributed by atoms with Crippen LogP contribution in [0.3, 0.4) is 0 Å². The number of nitrogens with one attached hydrogen (secondary N) is 1. The number of methoxy groups -OCH3 is 1. The minimum absolute atomic E-state index is 0.0790. The summed E-state index contributed by atoms with van der Waals surface area (Å²) in [5.74, 6) is 1.27. The molecule has 0 radical (unpaired) electrons. The average Bonchev–Trinajstić information content (AvgIpc) is 3.11. The molecule has 1 saturated heterocycles. The normalized spacial score (nSPS) is 20.2. The molecule has 0 bridgehead atoms. The van der Waals surface area contributed by atoms with Crippen molar-refractivity contribution in [2.75, 3.05) is 18.6 Å². The monoisotopic (exact) mass is 330 g/mol. The van der Waals surface area contributed by atoms with E-state index in [2.05, 4.69) is 25.4 Å². The predicted octanol–water partition coefficient (Wildman–Crippen LogP) is 1.10.